The molecule has 0 radical (unpaired) electrons. The molecule has 0 fully saturated rings. The Labute approximate surface area is 116 Å². The zero-order chi connectivity index (χ0) is 15.8. The van der Waals surface area contributed by atoms with E-state index >= 15 is 0 Å². The molecule has 0 aliphatic heterocycles. The predicted molar refractivity (Wildman–Crippen MR) is 72.7 cm³/mol. The minimum Gasteiger partial charge on any atom is -0.303 e. The van der Waals surface area contributed by atoms with Crippen LogP contribution in [0, 0.1) is 13.8 Å². The molecule has 94 valence electrons. The number of rotatable bonds is 3. The third-order valence-corrected chi connectivity index (χ3v) is 3.11. The van der Waals surface area contributed by atoms with Crippen molar-refractivity contribution in [3.8, 4) is 5.82 Å². The molecule has 0 spiro atoms. The van der Waals surface area contributed by atoms with Crippen molar-refractivity contribution in [1.29, 1.82) is 0 Å². The molecular weight excluding hydrogens is 248 g/mol. The molecule has 2 heterocycles. The largest absolute Gasteiger partial charge is 0.303 e. The lowest BCUT2D eigenvalue weighted by Crippen LogP contribution is -2.05. The lowest BCUT2D eigenvalue weighted by atomic mass is 10.1. The van der Waals surface area contributed by atoms with E-state index in [9.17, 15) is 4.79 Å². The van der Waals surface area contributed by atoms with Gasteiger partial charge in [-0.1, -0.05) is 18.5 Å². The topological polar surface area (TPSA) is 34.9 Å². The first-order valence-electron chi connectivity index (χ1n) is 7.03. The van der Waals surface area contributed by atoms with Crippen LogP contribution < -0.4 is 0 Å². The minimum absolute atomic E-state index is 0.138. The van der Waals surface area contributed by atoms with Crippen LogP contribution in [0.1, 0.15) is 39.1 Å². The summed E-state index contributed by atoms with van der Waals surface area (Å²) in [5.74, 6) is 0.0745. The molecule has 0 unspecified atom stereocenters. The van der Waals surface area contributed by atoms with Crippen LogP contribution in [0.3, 0.4) is 0 Å². The highest BCUT2D eigenvalue weighted by Crippen LogP contribution is 2.22. The second-order valence-electron chi connectivity index (χ2n) is 4.07. The Morgan fingerprint density at radius 2 is 2.11 bits per heavy atom. The highest BCUT2D eigenvalue weighted by Gasteiger charge is 2.12. The molecule has 2 rings (SSSR count). The third-order valence-electron chi connectivity index (χ3n) is 2.80. The fraction of sp³-hybridized carbons (Fsp3) is 0.286. The summed E-state index contributed by atoms with van der Waals surface area (Å²) in [6.07, 6.45) is 0.792. The van der Waals surface area contributed by atoms with E-state index in [2.05, 4.69) is 4.98 Å². The first-order valence-corrected chi connectivity index (χ1v) is 5.91. The van der Waals surface area contributed by atoms with Gasteiger partial charge in [0, 0.05) is 34.2 Å². The molecule has 4 heteroatoms. The molecule has 0 saturated carbocycles. The second-order valence-corrected chi connectivity index (χ2v) is 4.48. The zero-order valence-corrected chi connectivity index (χ0v) is 11.0. The van der Waals surface area contributed by atoms with Crippen molar-refractivity contribution in [1.82, 2.24) is 9.55 Å². The van der Waals surface area contributed by atoms with Crippen LogP contribution in [0.2, 0.25) is 5.02 Å². The van der Waals surface area contributed by atoms with E-state index in [-0.39, 0.29) is 10.6 Å². The van der Waals surface area contributed by atoms with Crippen molar-refractivity contribution in [2.45, 2.75) is 27.1 Å². The fourth-order valence-electron chi connectivity index (χ4n) is 1.87. The number of ketones is 1. The number of Topliss-reactive ketones (excluding diaryl/α,β-unsaturated/α-hetero) is 1. The summed E-state index contributed by atoms with van der Waals surface area (Å²) < 4.78 is 23.3. The van der Waals surface area contributed by atoms with Gasteiger partial charge in [0.15, 0.2) is 5.78 Å². The maximum Gasteiger partial charge on any atom is 0.165 e. The van der Waals surface area contributed by atoms with Crippen LogP contribution in [0.5, 0.6) is 0 Å². The fourth-order valence-corrected chi connectivity index (χ4v) is 2.12. The number of nitrogens with zero attached hydrogens (tertiary/aromatic N) is 2. The van der Waals surface area contributed by atoms with Gasteiger partial charge in [0.1, 0.15) is 5.82 Å². The van der Waals surface area contributed by atoms with E-state index < -0.39 is 19.1 Å². The standard InChI is InChI=1S/C14H15ClN2O/c1-4-13(18)11-8-16-14(7-12(11)15)17-9(2)5-6-10(17)3/h5-8H,4H2,1-3H3/i1D3. The number of aromatic nitrogens is 2. The molecule has 0 aliphatic rings. The van der Waals surface area contributed by atoms with Crippen molar-refractivity contribution in [2.75, 3.05) is 0 Å². The van der Waals surface area contributed by atoms with Crippen LogP contribution in [0.4, 0.5) is 0 Å². The highest BCUT2D eigenvalue weighted by molar-refractivity contribution is 6.34. The van der Waals surface area contributed by atoms with E-state index in [1.807, 2.05) is 30.5 Å². The van der Waals surface area contributed by atoms with Crippen LogP contribution in [0.25, 0.3) is 5.82 Å². The number of hydrogen-bond acceptors (Lipinski definition) is 2. The van der Waals surface area contributed by atoms with Gasteiger partial charge in [-0.25, -0.2) is 4.98 Å². The summed E-state index contributed by atoms with van der Waals surface area (Å²) in [4.78, 5) is 16.2. The number of carbonyl (C=O) groups excluding carboxylic acids is 1. The molecule has 18 heavy (non-hydrogen) atoms. The molecule has 2 aromatic rings. The minimum atomic E-state index is -2.31. The van der Waals surface area contributed by atoms with Crippen molar-refractivity contribution in [3.63, 3.8) is 0 Å². The van der Waals surface area contributed by atoms with Gasteiger partial charge in [-0.05, 0) is 26.0 Å². The second kappa shape index (κ2) is 4.94. The first-order chi connectivity index (χ1) is 9.69. The van der Waals surface area contributed by atoms with Gasteiger partial charge < -0.3 is 4.57 Å². The number of halogens is 1. The van der Waals surface area contributed by atoms with E-state index in [1.165, 1.54) is 6.20 Å². The van der Waals surface area contributed by atoms with Crippen molar-refractivity contribution >= 4 is 17.4 Å². The van der Waals surface area contributed by atoms with E-state index in [4.69, 9.17) is 15.7 Å². The molecule has 0 saturated heterocycles. The maximum atomic E-state index is 11.9. The van der Waals surface area contributed by atoms with E-state index in [0.29, 0.717) is 5.82 Å². The van der Waals surface area contributed by atoms with Gasteiger partial charge in [0.2, 0.25) is 0 Å². The normalized spacial score (nSPS) is 13.8. The predicted octanol–water partition coefficient (Wildman–Crippen LogP) is 3.74. The summed E-state index contributed by atoms with van der Waals surface area (Å²) >= 11 is 6.12. The van der Waals surface area contributed by atoms with Gasteiger partial charge in [-0.2, -0.15) is 0 Å². The van der Waals surface area contributed by atoms with Crippen LogP contribution in [-0.4, -0.2) is 15.3 Å². The number of hydrogen-bond donors (Lipinski definition) is 0. The third kappa shape index (κ3) is 2.18. The average molecular weight is 266 g/mol. The molecule has 0 atom stereocenters. The van der Waals surface area contributed by atoms with Crippen molar-refractivity contribution in [3.05, 3.63) is 46.4 Å². The molecule has 0 amide bonds. The summed E-state index contributed by atoms with van der Waals surface area (Å²) in [6, 6.07) is 5.49. The quantitative estimate of drug-likeness (QED) is 0.793. The summed E-state index contributed by atoms with van der Waals surface area (Å²) in [6.45, 7) is 1.57. The number of carbonyl (C=O) groups is 1. The Balaban J connectivity index is 2.37. The monoisotopic (exact) mass is 265 g/mol. The van der Waals surface area contributed by atoms with Crippen molar-refractivity contribution in [2.24, 2.45) is 0 Å². The maximum absolute atomic E-state index is 11.9. The number of aryl methyl sites for hydroxylation is 2. The SMILES string of the molecule is [2H]C([2H])([2H])CC(=O)c1cnc(-n2c(C)ccc2C)cc1Cl. The molecule has 0 aliphatic carbocycles. The lowest BCUT2D eigenvalue weighted by molar-refractivity contribution is 0.0988. The van der Waals surface area contributed by atoms with Gasteiger partial charge in [0.25, 0.3) is 0 Å². The first kappa shape index (κ1) is 9.34. The molecule has 2 aromatic heterocycles. The lowest BCUT2D eigenvalue weighted by Gasteiger charge is -2.10. The molecule has 0 aromatic carbocycles. The summed E-state index contributed by atoms with van der Waals surface area (Å²) in [7, 11) is 0. The van der Waals surface area contributed by atoms with Gasteiger partial charge in [-0.3, -0.25) is 4.79 Å². The number of pyridine rings is 1. The van der Waals surface area contributed by atoms with E-state index in [0.717, 1.165) is 11.4 Å². The Hall–Kier alpha value is -1.61. The van der Waals surface area contributed by atoms with Crippen molar-refractivity contribution < 1.29 is 8.91 Å². The van der Waals surface area contributed by atoms with Crippen LogP contribution in [0.15, 0.2) is 24.4 Å². The van der Waals surface area contributed by atoms with Gasteiger partial charge in [0.05, 0.1) is 10.6 Å². The Bertz CT molecular complexity index is 673. The Kier molecular flexibility index (Phi) is 2.56. The van der Waals surface area contributed by atoms with Crippen LogP contribution in [-0.2, 0) is 0 Å². The summed E-state index contributed by atoms with van der Waals surface area (Å²) in [5.41, 5.74) is 2.13. The highest BCUT2D eigenvalue weighted by atomic mass is 35.5. The zero-order valence-electron chi connectivity index (χ0n) is 13.2. The Morgan fingerprint density at radius 3 is 2.67 bits per heavy atom. The van der Waals surface area contributed by atoms with E-state index in [1.54, 1.807) is 6.07 Å². The van der Waals surface area contributed by atoms with Gasteiger partial charge in [-0.15, -0.1) is 0 Å². The molecule has 0 N–H and O–H groups in total. The molecule has 3 nitrogen and oxygen atoms in total. The van der Waals surface area contributed by atoms with Crippen LogP contribution >= 0.6 is 11.6 Å². The Morgan fingerprint density at radius 1 is 1.44 bits per heavy atom. The summed E-state index contributed by atoms with van der Waals surface area (Å²) in [5, 5.41) is 0.210. The molecular formula is C14H15ClN2O. The van der Waals surface area contributed by atoms with Gasteiger partial charge >= 0.3 is 0 Å². The molecule has 0 bridgehead atoms. The smallest absolute Gasteiger partial charge is 0.165 e. The average Bonchev–Trinajstić information content (AvgIpc) is 2.66.